The van der Waals surface area contributed by atoms with E-state index < -0.39 is 0 Å². The lowest BCUT2D eigenvalue weighted by atomic mass is 9.91. The van der Waals surface area contributed by atoms with Gasteiger partial charge in [-0.3, -0.25) is 0 Å². The molecule has 0 saturated heterocycles. The number of nitrogens with zero attached hydrogens (tertiary/aromatic N) is 2. The van der Waals surface area contributed by atoms with Gasteiger partial charge in [0, 0.05) is 5.41 Å². The van der Waals surface area contributed by atoms with Crippen LogP contribution in [-0.4, -0.2) is 9.97 Å². The lowest BCUT2D eigenvalue weighted by Gasteiger charge is -2.22. The maximum atomic E-state index is 6.23. The van der Waals surface area contributed by atoms with Crippen LogP contribution in [0.15, 0.2) is 30.3 Å². The maximum absolute atomic E-state index is 6.23. The van der Waals surface area contributed by atoms with Crippen LogP contribution in [0.2, 0.25) is 5.15 Å². The summed E-state index contributed by atoms with van der Waals surface area (Å²) in [5.41, 5.74) is 1.78. The molecule has 0 bridgehead atoms. The molecule has 0 radical (unpaired) electrons. The largest absolute Gasteiger partial charge is 0.484 e. The predicted molar refractivity (Wildman–Crippen MR) is 81.3 cm³/mol. The number of aromatic nitrogens is 2. The van der Waals surface area contributed by atoms with Gasteiger partial charge in [-0.15, -0.1) is 0 Å². The van der Waals surface area contributed by atoms with Crippen molar-refractivity contribution in [2.75, 3.05) is 0 Å². The lowest BCUT2D eigenvalue weighted by Crippen LogP contribution is -2.17. The summed E-state index contributed by atoms with van der Waals surface area (Å²) >= 11 is 6.23. The van der Waals surface area contributed by atoms with Gasteiger partial charge in [0.25, 0.3) is 0 Å². The summed E-state index contributed by atoms with van der Waals surface area (Å²) < 4.78 is 5.88. The zero-order valence-corrected chi connectivity index (χ0v) is 13.0. The minimum absolute atomic E-state index is 0.149. The lowest BCUT2D eigenvalue weighted by molar-refractivity contribution is 0.293. The van der Waals surface area contributed by atoms with Gasteiger partial charge in [0.05, 0.1) is 5.69 Å². The van der Waals surface area contributed by atoms with Crippen LogP contribution in [-0.2, 0) is 12.0 Å². The van der Waals surface area contributed by atoms with Crippen molar-refractivity contribution in [2.45, 2.75) is 39.7 Å². The Kier molecular flexibility index (Phi) is 4.29. The van der Waals surface area contributed by atoms with Gasteiger partial charge in [-0.05, 0) is 12.5 Å². The number of halogens is 1. The molecule has 3 nitrogen and oxygen atoms in total. The molecule has 106 valence electrons. The number of hydrogen-bond donors (Lipinski definition) is 0. The van der Waals surface area contributed by atoms with Gasteiger partial charge in [-0.2, -0.15) is 0 Å². The van der Waals surface area contributed by atoms with E-state index in [-0.39, 0.29) is 5.41 Å². The van der Waals surface area contributed by atoms with Crippen molar-refractivity contribution < 1.29 is 4.74 Å². The second-order valence-electron chi connectivity index (χ2n) is 5.76. The summed E-state index contributed by atoms with van der Waals surface area (Å²) in [5.74, 6) is 1.24. The highest BCUT2D eigenvalue weighted by Gasteiger charge is 2.24. The van der Waals surface area contributed by atoms with Crippen molar-refractivity contribution in [3.05, 3.63) is 52.6 Å². The smallest absolute Gasteiger partial charge is 0.179 e. The van der Waals surface area contributed by atoms with E-state index >= 15 is 0 Å². The van der Waals surface area contributed by atoms with Crippen molar-refractivity contribution >= 4 is 11.6 Å². The second-order valence-corrected chi connectivity index (χ2v) is 6.12. The van der Waals surface area contributed by atoms with Gasteiger partial charge in [-0.25, -0.2) is 9.97 Å². The fraction of sp³-hybridized carbons (Fsp3) is 0.375. The van der Waals surface area contributed by atoms with Gasteiger partial charge in [0.15, 0.2) is 10.9 Å². The average molecular weight is 291 g/mol. The summed E-state index contributed by atoms with van der Waals surface area (Å²) in [6, 6.07) is 9.97. The van der Waals surface area contributed by atoms with Crippen LogP contribution >= 0.6 is 11.6 Å². The summed E-state index contributed by atoms with van der Waals surface area (Å²) in [6.07, 6.45) is 0. The van der Waals surface area contributed by atoms with Crippen LogP contribution in [0.25, 0.3) is 0 Å². The van der Waals surface area contributed by atoms with E-state index in [2.05, 4.69) is 30.7 Å². The minimum atomic E-state index is -0.149. The standard InChI is InChI=1S/C16H19ClN2O/c1-11-18-14(16(2,3)4)13(15(17)19-11)20-10-12-8-6-5-7-9-12/h5-9H,10H2,1-4H3. The topological polar surface area (TPSA) is 35.0 Å². The molecule has 0 aliphatic carbocycles. The first kappa shape index (κ1) is 14.8. The van der Waals surface area contributed by atoms with E-state index in [1.54, 1.807) is 0 Å². The highest BCUT2D eigenvalue weighted by atomic mass is 35.5. The number of ether oxygens (including phenoxy) is 1. The van der Waals surface area contributed by atoms with Crippen LogP contribution in [0.5, 0.6) is 5.75 Å². The molecule has 1 aromatic carbocycles. The Morgan fingerprint density at radius 3 is 2.35 bits per heavy atom. The first-order chi connectivity index (χ1) is 9.38. The Morgan fingerprint density at radius 2 is 1.75 bits per heavy atom. The average Bonchev–Trinajstić information content (AvgIpc) is 2.37. The molecule has 0 aliphatic heterocycles. The molecule has 2 aromatic rings. The van der Waals surface area contributed by atoms with E-state index in [1.807, 2.05) is 37.3 Å². The molecule has 0 spiro atoms. The number of rotatable bonds is 3. The van der Waals surface area contributed by atoms with Crippen molar-refractivity contribution in [3.8, 4) is 5.75 Å². The molecule has 4 heteroatoms. The van der Waals surface area contributed by atoms with Crippen LogP contribution < -0.4 is 4.74 Å². The van der Waals surface area contributed by atoms with Crippen LogP contribution in [0.3, 0.4) is 0 Å². The number of benzene rings is 1. The van der Waals surface area contributed by atoms with E-state index in [4.69, 9.17) is 16.3 Å². The minimum Gasteiger partial charge on any atom is -0.484 e. The van der Waals surface area contributed by atoms with E-state index in [0.717, 1.165) is 11.3 Å². The Labute approximate surface area is 125 Å². The quantitative estimate of drug-likeness (QED) is 0.790. The van der Waals surface area contributed by atoms with Crippen LogP contribution in [0, 0.1) is 6.92 Å². The fourth-order valence-corrected chi connectivity index (χ4v) is 2.16. The fourth-order valence-electron chi connectivity index (χ4n) is 1.89. The first-order valence-electron chi connectivity index (χ1n) is 6.59. The molecule has 20 heavy (non-hydrogen) atoms. The third kappa shape index (κ3) is 3.48. The zero-order chi connectivity index (χ0) is 14.8. The molecule has 1 aromatic heterocycles. The predicted octanol–water partition coefficient (Wildman–Crippen LogP) is 4.31. The van der Waals surface area contributed by atoms with Crippen molar-refractivity contribution in [2.24, 2.45) is 0 Å². The molecule has 2 rings (SSSR count). The molecule has 0 amide bonds. The Hall–Kier alpha value is -1.61. The Bertz CT molecular complexity index is 591. The van der Waals surface area contributed by atoms with Crippen molar-refractivity contribution in [1.82, 2.24) is 9.97 Å². The Balaban J connectivity index is 2.31. The molecular formula is C16H19ClN2O. The first-order valence-corrected chi connectivity index (χ1v) is 6.97. The van der Waals surface area contributed by atoms with E-state index in [9.17, 15) is 0 Å². The maximum Gasteiger partial charge on any atom is 0.179 e. The summed E-state index contributed by atoms with van der Waals surface area (Å²) in [5, 5.41) is 0.373. The third-order valence-electron chi connectivity index (χ3n) is 2.87. The highest BCUT2D eigenvalue weighted by Crippen LogP contribution is 2.34. The van der Waals surface area contributed by atoms with Crippen molar-refractivity contribution in [3.63, 3.8) is 0 Å². The van der Waals surface area contributed by atoms with Crippen molar-refractivity contribution in [1.29, 1.82) is 0 Å². The van der Waals surface area contributed by atoms with Crippen LogP contribution in [0.4, 0.5) is 0 Å². The molecule has 0 unspecified atom stereocenters. The van der Waals surface area contributed by atoms with Gasteiger partial charge in [0.1, 0.15) is 12.4 Å². The number of hydrogen-bond acceptors (Lipinski definition) is 3. The van der Waals surface area contributed by atoms with Gasteiger partial charge < -0.3 is 4.74 Å². The van der Waals surface area contributed by atoms with Gasteiger partial charge in [-0.1, -0.05) is 62.7 Å². The van der Waals surface area contributed by atoms with E-state index in [1.165, 1.54) is 0 Å². The second kappa shape index (κ2) is 5.80. The Morgan fingerprint density at radius 1 is 1.10 bits per heavy atom. The third-order valence-corrected chi connectivity index (χ3v) is 3.13. The molecule has 1 heterocycles. The van der Waals surface area contributed by atoms with E-state index in [0.29, 0.717) is 23.3 Å². The normalized spacial score (nSPS) is 11.4. The molecule has 0 atom stereocenters. The summed E-state index contributed by atoms with van der Waals surface area (Å²) in [7, 11) is 0. The van der Waals surface area contributed by atoms with Gasteiger partial charge >= 0.3 is 0 Å². The summed E-state index contributed by atoms with van der Waals surface area (Å²) in [4.78, 5) is 8.69. The monoisotopic (exact) mass is 290 g/mol. The molecule has 0 N–H and O–H groups in total. The SMILES string of the molecule is Cc1nc(Cl)c(OCc2ccccc2)c(C(C)(C)C)n1. The van der Waals surface area contributed by atoms with Gasteiger partial charge in [0.2, 0.25) is 0 Å². The summed E-state index contributed by atoms with van der Waals surface area (Å²) in [6.45, 7) is 8.54. The molecule has 0 saturated carbocycles. The zero-order valence-electron chi connectivity index (χ0n) is 12.3. The molecule has 0 fully saturated rings. The highest BCUT2D eigenvalue weighted by molar-refractivity contribution is 6.30. The molecule has 0 aliphatic rings. The van der Waals surface area contributed by atoms with Crippen LogP contribution in [0.1, 0.15) is 37.9 Å². The molecular weight excluding hydrogens is 272 g/mol. The number of aryl methyl sites for hydroxylation is 1.